The molecule has 6 nitrogen and oxygen atoms in total. The van der Waals surface area contributed by atoms with Crippen LogP contribution in [0.15, 0.2) is 57.7 Å². The molecule has 3 rings (SSSR count). The molecule has 0 fully saturated rings. The van der Waals surface area contributed by atoms with Crippen molar-refractivity contribution in [3.63, 3.8) is 0 Å². The SMILES string of the molecule is Cc1c(Cc2cccc(NS(=O)(=O)N(C)C)c2)c(=O)oc2ccccc12. The third-order valence-corrected chi connectivity index (χ3v) is 5.68. The highest BCUT2D eigenvalue weighted by atomic mass is 32.2. The van der Waals surface area contributed by atoms with Crippen molar-refractivity contribution >= 4 is 26.9 Å². The lowest BCUT2D eigenvalue weighted by Crippen LogP contribution is -2.28. The summed E-state index contributed by atoms with van der Waals surface area (Å²) in [7, 11) is -0.675. The molecule has 1 aromatic heterocycles. The zero-order chi connectivity index (χ0) is 18.9. The predicted molar refractivity (Wildman–Crippen MR) is 103 cm³/mol. The molecule has 136 valence electrons. The lowest BCUT2D eigenvalue weighted by atomic mass is 9.99. The van der Waals surface area contributed by atoms with E-state index in [1.54, 1.807) is 24.3 Å². The molecule has 0 saturated heterocycles. The van der Waals surface area contributed by atoms with Gasteiger partial charge in [-0.3, -0.25) is 4.72 Å². The van der Waals surface area contributed by atoms with Gasteiger partial charge in [0, 0.05) is 31.5 Å². The second-order valence-electron chi connectivity index (χ2n) is 6.26. The molecule has 0 unspecified atom stereocenters. The number of para-hydroxylation sites is 1. The third kappa shape index (κ3) is 3.63. The molecule has 26 heavy (non-hydrogen) atoms. The van der Waals surface area contributed by atoms with Gasteiger partial charge in [-0.2, -0.15) is 12.7 Å². The standard InChI is InChI=1S/C19H20N2O4S/c1-13-16-9-4-5-10-18(16)25-19(22)17(13)12-14-7-6-8-15(11-14)20-26(23,24)21(2)3/h4-11,20H,12H2,1-3H3. The quantitative estimate of drug-likeness (QED) is 0.699. The van der Waals surface area contributed by atoms with Gasteiger partial charge in [0.1, 0.15) is 5.58 Å². The summed E-state index contributed by atoms with van der Waals surface area (Å²) in [5.41, 5.74) is 2.88. The monoisotopic (exact) mass is 372 g/mol. The minimum absolute atomic E-state index is 0.358. The molecule has 0 amide bonds. The van der Waals surface area contributed by atoms with Crippen molar-refractivity contribution in [2.45, 2.75) is 13.3 Å². The first kappa shape index (κ1) is 18.2. The van der Waals surface area contributed by atoms with Crippen LogP contribution in [0.2, 0.25) is 0 Å². The highest BCUT2D eigenvalue weighted by molar-refractivity contribution is 7.90. The van der Waals surface area contributed by atoms with Crippen LogP contribution in [0.5, 0.6) is 0 Å². The van der Waals surface area contributed by atoms with Crippen LogP contribution in [-0.4, -0.2) is 26.8 Å². The van der Waals surface area contributed by atoms with Crippen molar-refractivity contribution in [3.05, 3.63) is 75.6 Å². The molecule has 0 saturated carbocycles. The van der Waals surface area contributed by atoms with E-state index in [9.17, 15) is 13.2 Å². The van der Waals surface area contributed by atoms with Crippen LogP contribution in [0.25, 0.3) is 11.0 Å². The highest BCUT2D eigenvalue weighted by Crippen LogP contribution is 2.22. The minimum Gasteiger partial charge on any atom is -0.423 e. The van der Waals surface area contributed by atoms with E-state index in [2.05, 4.69) is 4.72 Å². The maximum atomic E-state index is 12.4. The van der Waals surface area contributed by atoms with E-state index in [1.165, 1.54) is 14.1 Å². The number of hydrogen-bond acceptors (Lipinski definition) is 4. The fourth-order valence-electron chi connectivity index (χ4n) is 2.74. The predicted octanol–water partition coefficient (Wildman–Crippen LogP) is 2.91. The summed E-state index contributed by atoms with van der Waals surface area (Å²) < 4.78 is 33.0. The maximum Gasteiger partial charge on any atom is 0.340 e. The lowest BCUT2D eigenvalue weighted by molar-refractivity contribution is 0.527. The zero-order valence-electron chi connectivity index (χ0n) is 14.8. The summed E-state index contributed by atoms with van der Waals surface area (Å²) >= 11 is 0. The first-order valence-corrected chi connectivity index (χ1v) is 9.52. The van der Waals surface area contributed by atoms with Crippen LogP contribution in [0.4, 0.5) is 5.69 Å². The Morgan fingerprint density at radius 1 is 1.08 bits per heavy atom. The largest absolute Gasteiger partial charge is 0.423 e. The van der Waals surface area contributed by atoms with Gasteiger partial charge in [0.2, 0.25) is 0 Å². The van der Waals surface area contributed by atoms with Gasteiger partial charge in [-0.05, 0) is 36.2 Å². The number of benzene rings is 2. The average molecular weight is 372 g/mol. The molecule has 0 aliphatic rings. The normalized spacial score (nSPS) is 11.8. The van der Waals surface area contributed by atoms with E-state index in [0.29, 0.717) is 23.3 Å². The van der Waals surface area contributed by atoms with Crippen LogP contribution in [0.3, 0.4) is 0 Å². The fraction of sp³-hybridized carbons (Fsp3) is 0.211. The number of hydrogen-bond donors (Lipinski definition) is 1. The van der Waals surface area contributed by atoms with E-state index in [0.717, 1.165) is 20.8 Å². The molecular formula is C19H20N2O4S. The molecule has 0 aliphatic heterocycles. The second-order valence-corrected chi connectivity index (χ2v) is 8.14. The summed E-state index contributed by atoms with van der Waals surface area (Å²) in [6.07, 6.45) is 0.358. The summed E-state index contributed by atoms with van der Waals surface area (Å²) in [6.45, 7) is 1.90. The Hall–Kier alpha value is -2.64. The Morgan fingerprint density at radius 2 is 1.81 bits per heavy atom. The lowest BCUT2D eigenvalue weighted by Gasteiger charge is -2.14. The average Bonchev–Trinajstić information content (AvgIpc) is 2.58. The number of nitrogens with one attached hydrogen (secondary N) is 1. The highest BCUT2D eigenvalue weighted by Gasteiger charge is 2.15. The Balaban J connectivity index is 1.97. The number of fused-ring (bicyclic) bond motifs is 1. The van der Waals surface area contributed by atoms with Crippen LogP contribution in [0.1, 0.15) is 16.7 Å². The summed E-state index contributed by atoms with van der Waals surface area (Å²) in [6, 6.07) is 14.4. The van der Waals surface area contributed by atoms with Crippen LogP contribution >= 0.6 is 0 Å². The molecule has 3 aromatic rings. The van der Waals surface area contributed by atoms with Crippen molar-refractivity contribution < 1.29 is 12.8 Å². The Kier molecular flexibility index (Phi) is 4.84. The van der Waals surface area contributed by atoms with Crippen molar-refractivity contribution in [3.8, 4) is 0 Å². The van der Waals surface area contributed by atoms with Crippen LogP contribution in [-0.2, 0) is 16.6 Å². The number of nitrogens with zero attached hydrogens (tertiary/aromatic N) is 1. The fourth-order valence-corrected chi connectivity index (χ4v) is 3.34. The van der Waals surface area contributed by atoms with Gasteiger partial charge in [-0.25, -0.2) is 4.79 Å². The Morgan fingerprint density at radius 3 is 2.54 bits per heavy atom. The summed E-state index contributed by atoms with van der Waals surface area (Å²) in [5.74, 6) is 0. The van der Waals surface area contributed by atoms with E-state index in [-0.39, 0.29) is 5.63 Å². The number of anilines is 1. The molecular weight excluding hydrogens is 352 g/mol. The number of aryl methyl sites for hydroxylation is 1. The van der Waals surface area contributed by atoms with Crippen molar-refractivity contribution in [2.24, 2.45) is 0 Å². The molecule has 1 N–H and O–H groups in total. The number of rotatable bonds is 5. The van der Waals surface area contributed by atoms with Crippen LogP contribution < -0.4 is 10.3 Å². The summed E-state index contributed by atoms with van der Waals surface area (Å²) in [5, 5.41) is 0.895. The van der Waals surface area contributed by atoms with E-state index in [1.807, 2.05) is 31.2 Å². The summed E-state index contributed by atoms with van der Waals surface area (Å²) in [4.78, 5) is 12.4. The molecule has 7 heteroatoms. The van der Waals surface area contributed by atoms with Gasteiger partial charge in [-0.15, -0.1) is 0 Å². The van der Waals surface area contributed by atoms with E-state index < -0.39 is 10.2 Å². The zero-order valence-corrected chi connectivity index (χ0v) is 15.6. The van der Waals surface area contributed by atoms with Crippen molar-refractivity contribution in [1.29, 1.82) is 0 Å². The van der Waals surface area contributed by atoms with E-state index in [4.69, 9.17) is 4.42 Å². The minimum atomic E-state index is -3.58. The molecule has 1 heterocycles. The topological polar surface area (TPSA) is 79.6 Å². The first-order valence-electron chi connectivity index (χ1n) is 8.08. The molecule has 0 atom stereocenters. The van der Waals surface area contributed by atoms with Crippen LogP contribution in [0, 0.1) is 6.92 Å². The van der Waals surface area contributed by atoms with Gasteiger partial charge < -0.3 is 4.42 Å². The molecule has 0 radical (unpaired) electrons. The van der Waals surface area contributed by atoms with Gasteiger partial charge in [0.15, 0.2) is 0 Å². The molecule has 0 spiro atoms. The smallest absolute Gasteiger partial charge is 0.340 e. The third-order valence-electron chi connectivity index (χ3n) is 4.23. The molecule has 0 aliphatic carbocycles. The first-order chi connectivity index (χ1) is 12.3. The second kappa shape index (κ2) is 6.93. The molecule has 2 aromatic carbocycles. The van der Waals surface area contributed by atoms with Gasteiger partial charge in [0.25, 0.3) is 0 Å². The Labute approximate surface area is 152 Å². The van der Waals surface area contributed by atoms with E-state index >= 15 is 0 Å². The van der Waals surface area contributed by atoms with Crippen molar-refractivity contribution in [2.75, 3.05) is 18.8 Å². The van der Waals surface area contributed by atoms with Crippen molar-refractivity contribution in [1.82, 2.24) is 4.31 Å². The van der Waals surface area contributed by atoms with Gasteiger partial charge >= 0.3 is 15.8 Å². The Bertz CT molecular complexity index is 1120. The maximum absolute atomic E-state index is 12.4. The van der Waals surface area contributed by atoms with Gasteiger partial charge in [0.05, 0.1) is 5.69 Å². The molecule has 0 bridgehead atoms. The van der Waals surface area contributed by atoms with Gasteiger partial charge in [-0.1, -0.05) is 30.3 Å².